The molecule has 2 aliphatic heterocycles. The third-order valence-corrected chi connectivity index (χ3v) is 6.02. The fraction of sp³-hybridized carbons (Fsp3) is 0.522. The number of nitrogens with one attached hydrogen (secondary N) is 2. The number of primary amides is 1. The maximum Gasteiger partial charge on any atom is 0.267 e. The topological polar surface area (TPSA) is 105 Å². The zero-order chi connectivity index (χ0) is 21.8. The number of nitrogens with zero attached hydrogens (tertiary/aromatic N) is 3. The first-order valence-electron chi connectivity index (χ1n) is 11.1. The summed E-state index contributed by atoms with van der Waals surface area (Å²) in [7, 11) is 1.93. The number of anilines is 2. The van der Waals surface area contributed by atoms with Crippen molar-refractivity contribution >= 4 is 17.7 Å². The van der Waals surface area contributed by atoms with E-state index in [9.17, 15) is 4.79 Å². The molecule has 1 aromatic carbocycles. The van der Waals surface area contributed by atoms with Gasteiger partial charge in [0.15, 0.2) is 0 Å². The van der Waals surface area contributed by atoms with Gasteiger partial charge in [0.25, 0.3) is 5.91 Å². The summed E-state index contributed by atoms with van der Waals surface area (Å²) in [4.78, 5) is 23.6. The second-order valence-corrected chi connectivity index (χ2v) is 8.45. The molecule has 1 atom stereocenters. The molecule has 0 aliphatic carbocycles. The van der Waals surface area contributed by atoms with Crippen LogP contribution in [0.3, 0.4) is 0 Å². The average Bonchev–Trinajstić information content (AvgIpc) is 2.74. The Hall–Kier alpha value is -2.71. The van der Waals surface area contributed by atoms with Gasteiger partial charge in [0, 0.05) is 31.7 Å². The standard InChI is InChI=1S/C23H32N6O2/c1-3-10-29(2)23-27-20(21(24)30)19(22(28-23)26-18-13-31-14-18)9-8-17-11-15-6-4-5-7-16(15)12-25-17/h4-7,17-18,25H,3,8-14H2,1-2H3,(H2,24,30)(H,26,27,28). The number of ether oxygens (including phenoxy) is 1. The summed E-state index contributed by atoms with van der Waals surface area (Å²) in [5.74, 6) is 0.705. The molecule has 0 radical (unpaired) electrons. The summed E-state index contributed by atoms with van der Waals surface area (Å²) < 4.78 is 5.31. The zero-order valence-corrected chi connectivity index (χ0v) is 18.4. The van der Waals surface area contributed by atoms with Crippen molar-refractivity contribution in [3.63, 3.8) is 0 Å². The van der Waals surface area contributed by atoms with Gasteiger partial charge in [-0.2, -0.15) is 4.98 Å². The predicted molar refractivity (Wildman–Crippen MR) is 121 cm³/mol. The third-order valence-electron chi connectivity index (χ3n) is 6.02. The van der Waals surface area contributed by atoms with Crippen molar-refractivity contribution in [3.8, 4) is 0 Å². The van der Waals surface area contributed by atoms with Crippen LogP contribution in [0.2, 0.25) is 0 Å². The summed E-state index contributed by atoms with van der Waals surface area (Å²) in [6.45, 7) is 5.03. The largest absolute Gasteiger partial charge is 0.377 e. The maximum absolute atomic E-state index is 12.3. The fourth-order valence-corrected chi connectivity index (χ4v) is 4.19. The predicted octanol–water partition coefficient (Wildman–Crippen LogP) is 1.88. The number of carbonyl (C=O) groups excluding carboxylic acids is 1. The molecule has 0 bridgehead atoms. The van der Waals surface area contributed by atoms with Crippen LogP contribution in [0.1, 0.15) is 46.9 Å². The van der Waals surface area contributed by atoms with Crippen molar-refractivity contribution in [1.29, 1.82) is 0 Å². The minimum atomic E-state index is -0.515. The van der Waals surface area contributed by atoms with Crippen molar-refractivity contribution in [2.45, 2.75) is 51.2 Å². The molecule has 166 valence electrons. The first kappa shape index (κ1) is 21.5. The first-order valence-corrected chi connectivity index (χ1v) is 11.1. The van der Waals surface area contributed by atoms with Crippen LogP contribution in [-0.2, 0) is 24.1 Å². The van der Waals surface area contributed by atoms with E-state index in [4.69, 9.17) is 15.5 Å². The lowest BCUT2D eigenvalue weighted by Gasteiger charge is -2.30. The molecule has 2 aliphatic rings. The molecule has 1 fully saturated rings. The van der Waals surface area contributed by atoms with E-state index < -0.39 is 5.91 Å². The molecular formula is C23H32N6O2. The van der Waals surface area contributed by atoms with E-state index in [1.165, 1.54) is 11.1 Å². The van der Waals surface area contributed by atoms with E-state index in [1.54, 1.807) is 0 Å². The van der Waals surface area contributed by atoms with Gasteiger partial charge in [0.1, 0.15) is 11.5 Å². The monoisotopic (exact) mass is 424 g/mol. The smallest absolute Gasteiger partial charge is 0.267 e. The summed E-state index contributed by atoms with van der Waals surface area (Å²) in [6, 6.07) is 9.07. The van der Waals surface area contributed by atoms with Gasteiger partial charge < -0.3 is 26.0 Å². The number of nitrogens with two attached hydrogens (primary N) is 1. The van der Waals surface area contributed by atoms with Crippen molar-refractivity contribution in [2.24, 2.45) is 5.73 Å². The molecule has 1 amide bonds. The molecule has 1 aromatic heterocycles. The minimum absolute atomic E-state index is 0.193. The molecule has 8 heteroatoms. The highest BCUT2D eigenvalue weighted by atomic mass is 16.5. The highest BCUT2D eigenvalue weighted by molar-refractivity contribution is 5.94. The number of amides is 1. The van der Waals surface area contributed by atoms with E-state index in [2.05, 4.69) is 46.8 Å². The Kier molecular flexibility index (Phi) is 6.67. The summed E-state index contributed by atoms with van der Waals surface area (Å²) in [5, 5.41) is 7.07. The Morgan fingerprint density at radius 1 is 1.29 bits per heavy atom. The second-order valence-electron chi connectivity index (χ2n) is 8.45. The maximum atomic E-state index is 12.3. The lowest BCUT2D eigenvalue weighted by atomic mass is 9.92. The van der Waals surface area contributed by atoms with Crippen LogP contribution < -0.4 is 21.3 Å². The molecular weight excluding hydrogens is 392 g/mol. The zero-order valence-electron chi connectivity index (χ0n) is 18.4. The van der Waals surface area contributed by atoms with Gasteiger partial charge in [-0.3, -0.25) is 4.79 Å². The third kappa shape index (κ3) is 4.97. The summed E-state index contributed by atoms with van der Waals surface area (Å²) in [5.41, 5.74) is 9.62. The number of benzene rings is 1. The van der Waals surface area contributed by atoms with E-state index >= 15 is 0 Å². The van der Waals surface area contributed by atoms with Crippen molar-refractivity contribution < 1.29 is 9.53 Å². The number of fused-ring (bicyclic) bond motifs is 1. The van der Waals surface area contributed by atoms with Gasteiger partial charge in [-0.1, -0.05) is 31.2 Å². The summed E-state index contributed by atoms with van der Waals surface area (Å²) >= 11 is 0. The molecule has 8 nitrogen and oxygen atoms in total. The molecule has 4 rings (SSSR count). The quantitative estimate of drug-likeness (QED) is 0.564. The van der Waals surface area contributed by atoms with E-state index in [-0.39, 0.29) is 6.04 Å². The van der Waals surface area contributed by atoms with Crippen molar-refractivity contribution in [3.05, 3.63) is 46.6 Å². The average molecular weight is 425 g/mol. The normalized spacial score (nSPS) is 18.2. The first-order chi connectivity index (χ1) is 15.0. The highest BCUT2D eigenvalue weighted by Crippen LogP contribution is 2.26. The van der Waals surface area contributed by atoms with Crippen molar-refractivity contribution in [2.75, 3.05) is 37.0 Å². The van der Waals surface area contributed by atoms with Crippen LogP contribution in [0.4, 0.5) is 11.8 Å². The minimum Gasteiger partial charge on any atom is -0.377 e. The number of hydrogen-bond acceptors (Lipinski definition) is 7. The van der Waals surface area contributed by atoms with E-state index in [0.29, 0.717) is 43.1 Å². The number of rotatable bonds is 9. The van der Waals surface area contributed by atoms with Crippen LogP contribution >= 0.6 is 0 Å². The molecule has 31 heavy (non-hydrogen) atoms. The van der Waals surface area contributed by atoms with Gasteiger partial charge in [0.05, 0.1) is 19.3 Å². The molecule has 4 N–H and O–H groups in total. The van der Waals surface area contributed by atoms with Crippen molar-refractivity contribution in [1.82, 2.24) is 15.3 Å². The molecule has 1 saturated heterocycles. The Morgan fingerprint density at radius 2 is 2.06 bits per heavy atom. The van der Waals surface area contributed by atoms with Gasteiger partial charge in [-0.25, -0.2) is 4.98 Å². The van der Waals surface area contributed by atoms with Gasteiger partial charge in [0.2, 0.25) is 5.95 Å². The van der Waals surface area contributed by atoms with Gasteiger partial charge in [-0.15, -0.1) is 0 Å². The van der Waals surface area contributed by atoms with E-state index in [0.717, 1.165) is 37.9 Å². The van der Waals surface area contributed by atoms with Gasteiger partial charge >= 0.3 is 0 Å². The Bertz CT molecular complexity index is 930. The number of aromatic nitrogens is 2. The molecule has 2 aromatic rings. The van der Waals surface area contributed by atoms with Crippen LogP contribution in [-0.4, -0.2) is 54.8 Å². The van der Waals surface area contributed by atoms with Crippen LogP contribution in [0.25, 0.3) is 0 Å². The Labute approximate surface area is 183 Å². The Morgan fingerprint density at radius 3 is 2.74 bits per heavy atom. The Balaban J connectivity index is 1.57. The highest BCUT2D eigenvalue weighted by Gasteiger charge is 2.26. The van der Waals surface area contributed by atoms with E-state index in [1.807, 2.05) is 11.9 Å². The molecule has 0 spiro atoms. The number of hydrogen-bond donors (Lipinski definition) is 3. The molecule has 3 heterocycles. The fourth-order valence-electron chi connectivity index (χ4n) is 4.19. The van der Waals surface area contributed by atoms with Crippen LogP contribution in [0.15, 0.2) is 24.3 Å². The summed E-state index contributed by atoms with van der Waals surface area (Å²) in [6.07, 6.45) is 3.48. The lowest BCUT2D eigenvalue weighted by molar-refractivity contribution is 0.0209. The number of carbonyl (C=O) groups is 1. The second kappa shape index (κ2) is 9.62. The van der Waals surface area contributed by atoms with Crippen LogP contribution in [0, 0.1) is 0 Å². The molecule has 0 saturated carbocycles. The lowest BCUT2D eigenvalue weighted by Crippen LogP contribution is -2.41. The molecule has 1 unspecified atom stereocenters. The van der Waals surface area contributed by atoms with Crippen LogP contribution in [0.5, 0.6) is 0 Å². The SMILES string of the molecule is CCCN(C)c1nc(NC2COC2)c(CCC2Cc3ccccc3CN2)c(C(N)=O)n1. The van der Waals surface area contributed by atoms with Gasteiger partial charge in [-0.05, 0) is 36.8 Å².